The largest absolute Gasteiger partial charge is 0.481 e. The molecule has 0 spiro atoms. The minimum atomic E-state index is -0.462. The Kier molecular flexibility index (Phi) is 5.31. The van der Waals surface area contributed by atoms with Gasteiger partial charge in [-0.3, -0.25) is 4.79 Å². The first kappa shape index (κ1) is 16.3. The SMILES string of the molecule is O=C(COc1ccccc1F)NC[C@H]1CCCN1c1ccccc1. The summed E-state index contributed by atoms with van der Waals surface area (Å²) in [6.45, 7) is 1.38. The molecule has 0 unspecified atom stereocenters. The highest BCUT2D eigenvalue weighted by atomic mass is 19.1. The maximum Gasteiger partial charge on any atom is 0.258 e. The van der Waals surface area contributed by atoms with E-state index in [1.165, 1.54) is 17.8 Å². The molecule has 0 radical (unpaired) electrons. The molecule has 1 N–H and O–H groups in total. The number of carbonyl (C=O) groups is 1. The van der Waals surface area contributed by atoms with Gasteiger partial charge in [0, 0.05) is 24.8 Å². The Hall–Kier alpha value is -2.56. The van der Waals surface area contributed by atoms with Gasteiger partial charge in [-0.15, -0.1) is 0 Å². The second-order valence-electron chi connectivity index (χ2n) is 5.85. The summed E-state index contributed by atoms with van der Waals surface area (Å²) in [6.07, 6.45) is 2.16. The maximum atomic E-state index is 13.4. The zero-order valence-electron chi connectivity index (χ0n) is 13.5. The van der Waals surface area contributed by atoms with E-state index >= 15 is 0 Å². The molecule has 2 aromatic rings. The first-order valence-electron chi connectivity index (χ1n) is 8.20. The lowest BCUT2D eigenvalue weighted by Gasteiger charge is -2.27. The zero-order chi connectivity index (χ0) is 16.8. The minimum Gasteiger partial charge on any atom is -0.481 e. The molecule has 5 heteroatoms. The zero-order valence-corrected chi connectivity index (χ0v) is 13.5. The molecular weight excluding hydrogens is 307 g/mol. The number of rotatable bonds is 6. The highest BCUT2D eigenvalue weighted by Gasteiger charge is 2.24. The highest BCUT2D eigenvalue weighted by molar-refractivity contribution is 5.77. The van der Waals surface area contributed by atoms with Crippen molar-refractivity contribution in [3.63, 3.8) is 0 Å². The predicted octanol–water partition coefficient (Wildman–Crippen LogP) is 2.99. The third-order valence-corrected chi connectivity index (χ3v) is 4.20. The van der Waals surface area contributed by atoms with Crippen molar-refractivity contribution in [2.45, 2.75) is 18.9 Å². The summed E-state index contributed by atoms with van der Waals surface area (Å²) in [5, 5.41) is 2.89. The Labute approximate surface area is 141 Å². The van der Waals surface area contributed by atoms with E-state index in [1.807, 2.05) is 18.2 Å². The molecule has 4 nitrogen and oxygen atoms in total. The monoisotopic (exact) mass is 328 g/mol. The molecule has 1 amide bonds. The molecule has 0 aliphatic carbocycles. The standard InChI is InChI=1S/C19H21FN2O2/c20-17-10-4-5-11-18(17)24-14-19(23)21-13-16-9-6-12-22(16)15-7-2-1-3-8-15/h1-5,7-8,10-11,16H,6,9,12-14H2,(H,21,23)/t16-/m1/s1. The van der Waals surface area contributed by atoms with Crippen LogP contribution in [0.3, 0.4) is 0 Å². The van der Waals surface area contributed by atoms with Gasteiger partial charge in [0.1, 0.15) is 0 Å². The van der Waals surface area contributed by atoms with E-state index < -0.39 is 5.82 Å². The summed E-state index contributed by atoms with van der Waals surface area (Å²) in [5.74, 6) is -0.603. The number of nitrogens with one attached hydrogen (secondary N) is 1. The van der Waals surface area contributed by atoms with Gasteiger partial charge < -0.3 is 15.0 Å². The van der Waals surface area contributed by atoms with E-state index in [-0.39, 0.29) is 24.3 Å². The average molecular weight is 328 g/mol. The number of anilines is 1. The van der Waals surface area contributed by atoms with Crippen LogP contribution in [0.25, 0.3) is 0 Å². The first-order valence-corrected chi connectivity index (χ1v) is 8.20. The van der Waals surface area contributed by atoms with Crippen molar-refractivity contribution in [2.24, 2.45) is 0 Å². The molecule has 0 bridgehead atoms. The number of carbonyl (C=O) groups excluding carboxylic acids is 1. The van der Waals surface area contributed by atoms with Gasteiger partial charge >= 0.3 is 0 Å². The van der Waals surface area contributed by atoms with Crippen molar-refractivity contribution >= 4 is 11.6 Å². The van der Waals surface area contributed by atoms with E-state index in [9.17, 15) is 9.18 Å². The minimum absolute atomic E-state index is 0.0967. The highest BCUT2D eigenvalue weighted by Crippen LogP contribution is 2.24. The molecule has 1 saturated heterocycles. The third kappa shape index (κ3) is 4.04. The third-order valence-electron chi connectivity index (χ3n) is 4.20. The predicted molar refractivity (Wildman–Crippen MR) is 91.7 cm³/mol. The molecule has 0 saturated carbocycles. The van der Waals surface area contributed by atoms with Gasteiger partial charge in [-0.2, -0.15) is 0 Å². The van der Waals surface area contributed by atoms with E-state index in [2.05, 4.69) is 22.3 Å². The van der Waals surface area contributed by atoms with Crippen LogP contribution in [0.2, 0.25) is 0 Å². The topological polar surface area (TPSA) is 41.6 Å². The smallest absolute Gasteiger partial charge is 0.258 e. The summed E-state index contributed by atoms with van der Waals surface area (Å²) >= 11 is 0. The Morgan fingerprint density at radius 2 is 1.92 bits per heavy atom. The van der Waals surface area contributed by atoms with Crippen LogP contribution >= 0.6 is 0 Å². The molecule has 24 heavy (non-hydrogen) atoms. The van der Waals surface area contributed by atoms with Crippen molar-refractivity contribution in [1.29, 1.82) is 0 Å². The molecule has 126 valence electrons. The Bertz CT molecular complexity index is 678. The van der Waals surface area contributed by atoms with E-state index in [0.29, 0.717) is 6.54 Å². The number of ether oxygens (including phenoxy) is 1. The lowest BCUT2D eigenvalue weighted by atomic mass is 10.2. The van der Waals surface area contributed by atoms with Gasteiger partial charge in [0.2, 0.25) is 0 Å². The van der Waals surface area contributed by atoms with Crippen LogP contribution in [0.4, 0.5) is 10.1 Å². The average Bonchev–Trinajstić information content (AvgIpc) is 3.08. The fourth-order valence-electron chi connectivity index (χ4n) is 3.00. The van der Waals surface area contributed by atoms with Crippen LogP contribution < -0.4 is 15.0 Å². The number of hydrogen-bond donors (Lipinski definition) is 1. The van der Waals surface area contributed by atoms with E-state index in [1.54, 1.807) is 12.1 Å². The van der Waals surface area contributed by atoms with Crippen molar-refractivity contribution in [2.75, 3.05) is 24.6 Å². The van der Waals surface area contributed by atoms with Gasteiger partial charge in [0.25, 0.3) is 5.91 Å². The van der Waals surface area contributed by atoms with Gasteiger partial charge in [-0.05, 0) is 37.1 Å². The second-order valence-corrected chi connectivity index (χ2v) is 5.85. The van der Waals surface area contributed by atoms with Crippen LogP contribution in [0.5, 0.6) is 5.75 Å². The van der Waals surface area contributed by atoms with Crippen LogP contribution in [0, 0.1) is 5.82 Å². The molecule has 2 aromatic carbocycles. The van der Waals surface area contributed by atoms with Crippen LogP contribution in [0.1, 0.15) is 12.8 Å². The summed E-state index contributed by atoms with van der Waals surface area (Å²) in [5.41, 5.74) is 1.18. The van der Waals surface area contributed by atoms with E-state index in [0.717, 1.165) is 19.4 Å². The molecule has 1 aliphatic rings. The summed E-state index contributed by atoms with van der Waals surface area (Å²) < 4.78 is 18.7. The van der Waals surface area contributed by atoms with Crippen molar-refractivity contribution < 1.29 is 13.9 Å². The molecular formula is C19H21FN2O2. The summed E-state index contributed by atoms with van der Waals surface area (Å²) in [7, 11) is 0. The Morgan fingerprint density at radius 3 is 2.71 bits per heavy atom. The normalized spacial score (nSPS) is 16.9. The Morgan fingerprint density at radius 1 is 1.17 bits per heavy atom. The summed E-state index contributed by atoms with van der Waals surface area (Å²) in [4.78, 5) is 14.3. The van der Waals surface area contributed by atoms with Crippen LogP contribution in [-0.4, -0.2) is 31.6 Å². The molecule has 0 aromatic heterocycles. The lowest BCUT2D eigenvalue weighted by Crippen LogP contribution is -2.41. The van der Waals surface area contributed by atoms with Gasteiger partial charge in [-0.25, -0.2) is 4.39 Å². The van der Waals surface area contributed by atoms with Crippen molar-refractivity contribution in [1.82, 2.24) is 5.32 Å². The van der Waals surface area contributed by atoms with Gasteiger partial charge in [-0.1, -0.05) is 30.3 Å². The molecule has 1 heterocycles. The fourth-order valence-corrected chi connectivity index (χ4v) is 3.00. The number of para-hydroxylation sites is 2. The van der Waals surface area contributed by atoms with Crippen molar-refractivity contribution in [3.05, 3.63) is 60.4 Å². The molecule has 1 fully saturated rings. The van der Waals surface area contributed by atoms with Gasteiger partial charge in [0.05, 0.1) is 0 Å². The maximum absolute atomic E-state index is 13.4. The summed E-state index contributed by atoms with van der Waals surface area (Å²) in [6, 6.07) is 16.6. The molecule has 1 aliphatic heterocycles. The van der Waals surface area contributed by atoms with Crippen LogP contribution in [-0.2, 0) is 4.79 Å². The molecule has 3 rings (SSSR count). The molecule has 1 atom stereocenters. The number of nitrogens with zero attached hydrogens (tertiary/aromatic N) is 1. The van der Waals surface area contributed by atoms with Crippen LogP contribution in [0.15, 0.2) is 54.6 Å². The number of halogens is 1. The number of benzene rings is 2. The van der Waals surface area contributed by atoms with E-state index in [4.69, 9.17) is 4.74 Å². The first-order chi connectivity index (χ1) is 11.7. The number of hydrogen-bond acceptors (Lipinski definition) is 3. The Balaban J connectivity index is 1.48. The van der Waals surface area contributed by atoms with Crippen molar-refractivity contribution in [3.8, 4) is 5.75 Å². The second kappa shape index (κ2) is 7.81. The quantitative estimate of drug-likeness (QED) is 0.886. The van der Waals surface area contributed by atoms with Gasteiger partial charge in [0.15, 0.2) is 18.2 Å². The number of amides is 1. The lowest BCUT2D eigenvalue weighted by molar-refractivity contribution is -0.123. The fraction of sp³-hybridized carbons (Fsp3) is 0.316.